The molecule has 0 fully saturated rings. The first kappa shape index (κ1) is 20.8. The molecule has 1 aromatic carbocycles. The van der Waals surface area contributed by atoms with Crippen LogP contribution in [-0.4, -0.2) is 19.0 Å². The van der Waals surface area contributed by atoms with Gasteiger partial charge < -0.3 is 16.2 Å². The van der Waals surface area contributed by atoms with Crippen molar-refractivity contribution in [3.05, 3.63) is 34.9 Å². The zero-order valence-electron chi connectivity index (χ0n) is 14.0. The van der Waals surface area contributed by atoms with Crippen LogP contribution in [0.5, 0.6) is 0 Å². The fourth-order valence-electron chi connectivity index (χ4n) is 2.04. The van der Waals surface area contributed by atoms with Crippen LogP contribution in [0.25, 0.3) is 0 Å². The van der Waals surface area contributed by atoms with Gasteiger partial charge in [-0.15, -0.1) is 0 Å². The maximum absolute atomic E-state index is 13.7. The molecule has 7 heteroatoms. The molecule has 0 saturated carbocycles. The third-order valence-electron chi connectivity index (χ3n) is 2.99. The standard InChI is InChI=1S/C12H14F2N2.C2H5NO2.C2H6.2H2/c1-7-5-8(13)12(9(14)6-7)10-3-2-4-11(15)16-10;1-5-2(3)4;1-2;;/h5-6,10H,2-4H2,1H3,(H2,15,16);1H3,(H2,3,4);1-2H3;2*1H. The summed E-state index contributed by atoms with van der Waals surface area (Å²) in [5.41, 5.74) is 10.7. The Morgan fingerprint density at radius 2 is 1.83 bits per heavy atom. The molecule has 2 rings (SSSR count). The molecule has 1 unspecified atom stereocenters. The monoisotopic (exact) mass is 333 g/mol. The van der Waals surface area contributed by atoms with E-state index < -0.39 is 23.8 Å². The lowest BCUT2D eigenvalue weighted by Gasteiger charge is -2.20. The molecule has 1 aliphatic rings. The summed E-state index contributed by atoms with van der Waals surface area (Å²) in [7, 11) is 1.22. The van der Waals surface area contributed by atoms with Gasteiger partial charge >= 0.3 is 6.09 Å². The number of rotatable bonds is 1. The molecule has 0 aromatic heterocycles. The van der Waals surface area contributed by atoms with Crippen molar-refractivity contribution in [2.45, 2.75) is 46.1 Å². The van der Waals surface area contributed by atoms with E-state index in [1.807, 2.05) is 13.8 Å². The second-order valence-electron chi connectivity index (χ2n) is 4.69. The Bertz CT molecular complexity index is 535. The summed E-state index contributed by atoms with van der Waals surface area (Å²) in [4.78, 5) is 13.5. The van der Waals surface area contributed by atoms with E-state index >= 15 is 0 Å². The van der Waals surface area contributed by atoms with Crippen LogP contribution in [0.1, 0.15) is 53.1 Å². The quantitative estimate of drug-likeness (QED) is 0.811. The van der Waals surface area contributed by atoms with Crippen molar-refractivity contribution in [3.63, 3.8) is 0 Å². The number of aryl methyl sites for hydroxylation is 1. The highest BCUT2D eigenvalue weighted by molar-refractivity contribution is 5.81. The van der Waals surface area contributed by atoms with Gasteiger partial charge in [-0.1, -0.05) is 13.8 Å². The largest absolute Gasteiger partial charge is 0.453 e. The highest BCUT2D eigenvalue weighted by atomic mass is 19.1. The molecule has 23 heavy (non-hydrogen) atoms. The van der Waals surface area contributed by atoms with Crippen molar-refractivity contribution < 1.29 is 21.2 Å². The van der Waals surface area contributed by atoms with Gasteiger partial charge in [0.15, 0.2) is 0 Å². The van der Waals surface area contributed by atoms with E-state index in [0.29, 0.717) is 24.2 Å². The molecule has 0 radical (unpaired) electrons. The molecular formula is C16H29F2N3O2. The van der Waals surface area contributed by atoms with Gasteiger partial charge in [0.25, 0.3) is 0 Å². The van der Waals surface area contributed by atoms with E-state index in [0.717, 1.165) is 6.42 Å². The smallest absolute Gasteiger partial charge is 0.404 e. The number of benzene rings is 1. The number of aliphatic imine (C=N–C) groups is 1. The lowest BCUT2D eigenvalue weighted by Crippen LogP contribution is -2.19. The van der Waals surface area contributed by atoms with Gasteiger partial charge in [0.2, 0.25) is 0 Å². The Morgan fingerprint density at radius 1 is 1.35 bits per heavy atom. The lowest BCUT2D eigenvalue weighted by molar-refractivity contribution is 0.182. The van der Waals surface area contributed by atoms with Gasteiger partial charge in [-0.25, -0.2) is 13.6 Å². The molecule has 0 aliphatic carbocycles. The molecule has 1 aliphatic heterocycles. The maximum Gasteiger partial charge on any atom is 0.404 e. The van der Waals surface area contributed by atoms with Crippen LogP contribution in [0.15, 0.2) is 17.1 Å². The highest BCUT2D eigenvalue weighted by Crippen LogP contribution is 2.31. The predicted molar refractivity (Wildman–Crippen MR) is 91.5 cm³/mol. The third-order valence-corrected chi connectivity index (χ3v) is 2.99. The molecule has 1 amide bonds. The molecular weight excluding hydrogens is 304 g/mol. The summed E-state index contributed by atoms with van der Waals surface area (Å²) < 4.78 is 31.2. The molecule has 0 bridgehead atoms. The molecule has 5 nitrogen and oxygen atoms in total. The number of nitrogens with zero attached hydrogens (tertiary/aromatic N) is 1. The summed E-state index contributed by atoms with van der Waals surface area (Å²) in [6.07, 6.45) is 1.45. The maximum atomic E-state index is 13.7. The Balaban J connectivity index is -0.000000469. The number of ether oxygens (including phenoxy) is 1. The minimum atomic E-state index is -0.745. The van der Waals surface area contributed by atoms with Crippen LogP contribution in [0, 0.1) is 18.6 Å². The summed E-state index contributed by atoms with van der Waals surface area (Å²) in [5.74, 6) is -0.572. The molecule has 0 spiro atoms. The van der Waals surface area contributed by atoms with Crippen molar-refractivity contribution in [1.82, 2.24) is 0 Å². The normalized spacial score (nSPS) is 16.1. The number of amides is 1. The van der Waals surface area contributed by atoms with Crippen molar-refractivity contribution >= 4 is 11.9 Å². The van der Waals surface area contributed by atoms with Crippen LogP contribution in [0.3, 0.4) is 0 Å². The lowest BCUT2D eigenvalue weighted by atomic mass is 9.96. The summed E-state index contributed by atoms with van der Waals surface area (Å²) in [6.45, 7) is 5.66. The minimum Gasteiger partial charge on any atom is -0.453 e. The van der Waals surface area contributed by atoms with Crippen molar-refractivity contribution in [3.8, 4) is 0 Å². The molecule has 1 aromatic rings. The van der Waals surface area contributed by atoms with Gasteiger partial charge in [0.05, 0.1) is 19.0 Å². The number of carbonyl (C=O) groups excluding carboxylic acids is 1. The van der Waals surface area contributed by atoms with Crippen molar-refractivity contribution in [2.24, 2.45) is 16.5 Å². The molecule has 134 valence electrons. The Hall–Kier alpha value is -2.18. The second-order valence-corrected chi connectivity index (χ2v) is 4.69. The SMILES string of the molecule is CC.COC(N)=O.Cc1cc(F)c(C2CCCC(N)=N2)c(F)c1.[HH].[HH]. The van der Waals surface area contributed by atoms with Crippen LogP contribution in [0.4, 0.5) is 13.6 Å². The number of primary amides is 1. The second kappa shape index (κ2) is 10.5. The molecule has 1 heterocycles. The van der Waals surface area contributed by atoms with E-state index in [1.165, 1.54) is 19.2 Å². The number of hydrogen-bond donors (Lipinski definition) is 2. The van der Waals surface area contributed by atoms with E-state index in [9.17, 15) is 13.6 Å². The van der Waals surface area contributed by atoms with E-state index in [2.05, 4.69) is 15.5 Å². The zero-order chi connectivity index (χ0) is 18.0. The topological polar surface area (TPSA) is 90.7 Å². The highest BCUT2D eigenvalue weighted by Gasteiger charge is 2.22. The summed E-state index contributed by atoms with van der Waals surface area (Å²) >= 11 is 0. The number of halogens is 2. The average molecular weight is 333 g/mol. The van der Waals surface area contributed by atoms with Crippen LogP contribution < -0.4 is 11.5 Å². The summed E-state index contributed by atoms with van der Waals surface area (Å²) in [6, 6.07) is 2.20. The Morgan fingerprint density at radius 3 is 2.22 bits per heavy atom. The van der Waals surface area contributed by atoms with Crippen LogP contribution in [0.2, 0.25) is 0 Å². The Kier molecular flexibility index (Phi) is 9.53. The molecule has 4 N–H and O–H groups in total. The Labute approximate surface area is 138 Å². The first-order valence-electron chi connectivity index (χ1n) is 7.46. The van der Waals surface area contributed by atoms with E-state index in [4.69, 9.17) is 5.73 Å². The fourth-order valence-corrected chi connectivity index (χ4v) is 2.04. The van der Waals surface area contributed by atoms with Crippen molar-refractivity contribution in [2.75, 3.05) is 7.11 Å². The van der Waals surface area contributed by atoms with Gasteiger partial charge in [0, 0.05) is 14.8 Å². The number of carbonyl (C=O) groups is 1. The third kappa shape index (κ3) is 7.08. The summed E-state index contributed by atoms with van der Waals surface area (Å²) in [5, 5.41) is 0. The predicted octanol–water partition coefficient (Wildman–Crippen LogP) is 4.09. The van der Waals surface area contributed by atoms with Crippen LogP contribution in [-0.2, 0) is 4.74 Å². The number of hydrogen-bond acceptors (Lipinski definition) is 4. The van der Waals surface area contributed by atoms with Crippen molar-refractivity contribution in [1.29, 1.82) is 0 Å². The minimum absolute atomic E-state index is 0. The van der Waals surface area contributed by atoms with E-state index in [-0.39, 0.29) is 8.42 Å². The number of methoxy groups -OCH3 is 1. The van der Waals surface area contributed by atoms with Gasteiger partial charge in [-0.3, -0.25) is 4.99 Å². The van der Waals surface area contributed by atoms with Gasteiger partial charge in [-0.2, -0.15) is 0 Å². The molecule has 1 atom stereocenters. The number of amidine groups is 1. The fraction of sp³-hybridized carbons (Fsp3) is 0.500. The first-order chi connectivity index (χ1) is 10.8. The molecule has 0 saturated heterocycles. The zero-order valence-corrected chi connectivity index (χ0v) is 14.0. The number of nitrogens with two attached hydrogens (primary N) is 2. The van der Waals surface area contributed by atoms with Crippen LogP contribution >= 0.6 is 0 Å². The van der Waals surface area contributed by atoms with Gasteiger partial charge in [0.1, 0.15) is 11.6 Å². The van der Waals surface area contributed by atoms with Gasteiger partial charge in [-0.05, 0) is 37.5 Å². The average Bonchev–Trinajstić information content (AvgIpc) is 2.49. The first-order valence-corrected chi connectivity index (χ1v) is 7.46. The van der Waals surface area contributed by atoms with E-state index in [1.54, 1.807) is 6.92 Å².